The van der Waals surface area contributed by atoms with Gasteiger partial charge in [0.1, 0.15) is 0 Å². The molecule has 2 atom stereocenters. The number of hydrogen-bond donors (Lipinski definition) is 1. The summed E-state index contributed by atoms with van der Waals surface area (Å²) in [6.07, 6.45) is 6.75. The highest BCUT2D eigenvalue weighted by Crippen LogP contribution is 2.32. The van der Waals surface area contributed by atoms with Crippen LogP contribution in [0.1, 0.15) is 39.0 Å². The molecule has 0 amide bonds. The molecule has 1 saturated heterocycles. The van der Waals surface area contributed by atoms with E-state index in [1.807, 2.05) is 0 Å². The van der Waals surface area contributed by atoms with E-state index in [1.165, 1.54) is 43.5 Å². The van der Waals surface area contributed by atoms with E-state index < -0.39 is 0 Å². The van der Waals surface area contributed by atoms with Crippen molar-refractivity contribution in [1.29, 1.82) is 0 Å². The van der Waals surface area contributed by atoms with Crippen LogP contribution in [-0.4, -0.2) is 32.3 Å². The smallest absolute Gasteiger partial charge is 0.0642 e. The minimum absolute atomic E-state index is 0.644. The molecule has 0 spiro atoms. The van der Waals surface area contributed by atoms with Crippen LogP contribution in [0, 0.1) is 5.92 Å². The number of rotatable bonds is 4. The number of benzene rings is 1. The van der Waals surface area contributed by atoms with Crippen molar-refractivity contribution in [2.24, 2.45) is 5.92 Å². The Hall–Kier alpha value is -1.22. The molecule has 2 unspecified atom stereocenters. The number of ether oxygens (including phenoxy) is 1. The molecule has 116 valence electrons. The van der Waals surface area contributed by atoms with Gasteiger partial charge in [-0.05, 0) is 30.9 Å². The van der Waals surface area contributed by atoms with Gasteiger partial charge in [-0.25, -0.2) is 0 Å². The Balaban J connectivity index is 1.69. The lowest BCUT2D eigenvalue weighted by atomic mass is 9.84. The maximum absolute atomic E-state index is 5.48. The highest BCUT2D eigenvalue weighted by molar-refractivity contribution is 5.70. The number of morpholine rings is 1. The lowest BCUT2D eigenvalue weighted by molar-refractivity contribution is 0.123. The quantitative estimate of drug-likeness (QED) is 0.909. The minimum Gasteiger partial charge on any atom is -0.381 e. The van der Waals surface area contributed by atoms with Gasteiger partial charge in [-0.15, -0.1) is 0 Å². The standard InChI is InChI=1S/C18H28N2O/c1-2-15-6-5-7-16(14-15)19-17-8-3-4-9-18(17)20-10-12-21-13-11-20/h3-4,8-9,15-16,19H,2,5-7,10-14H2,1H3. The molecule has 3 heteroatoms. The van der Waals surface area contributed by atoms with Crippen molar-refractivity contribution in [1.82, 2.24) is 0 Å². The molecule has 1 aromatic carbocycles. The Labute approximate surface area is 128 Å². The Bertz CT molecular complexity index is 443. The molecule has 3 nitrogen and oxygen atoms in total. The Kier molecular flexibility index (Phi) is 5.02. The van der Waals surface area contributed by atoms with Crippen LogP contribution in [0.25, 0.3) is 0 Å². The summed E-state index contributed by atoms with van der Waals surface area (Å²) in [6, 6.07) is 9.41. The number of hydrogen-bond acceptors (Lipinski definition) is 3. The molecular formula is C18H28N2O. The number of nitrogens with zero attached hydrogens (tertiary/aromatic N) is 1. The second-order valence-corrected chi connectivity index (χ2v) is 6.40. The fourth-order valence-corrected chi connectivity index (χ4v) is 3.69. The van der Waals surface area contributed by atoms with E-state index in [0.29, 0.717) is 6.04 Å². The molecule has 0 aromatic heterocycles. The fraction of sp³-hybridized carbons (Fsp3) is 0.667. The zero-order valence-corrected chi connectivity index (χ0v) is 13.2. The summed E-state index contributed by atoms with van der Waals surface area (Å²) in [6.45, 7) is 6.02. The van der Waals surface area contributed by atoms with Gasteiger partial charge in [-0.1, -0.05) is 38.3 Å². The van der Waals surface area contributed by atoms with Crippen LogP contribution in [-0.2, 0) is 4.74 Å². The van der Waals surface area contributed by atoms with E-state index in [4.69, 9.17) is 4.74 Å². The average Bonchev–Trinajstić information content (AvgIpc) is 2.56. The molecule has 2 fully saturated rings. The number of anilines is 2. The third kappa shape index (κ3) is 3.70. The van der Waals surface area contributed by atoms with Crippen molar-refractivity contribution in [3.05, 3.63) is 24.3 Å². The molecule has 2 aliphatic rings. The van der Waals surface area contributed by atoms with Crippen molar-refractivity contribution in [3.8, 4) is 0 Å². The van der Waals surface area contributed by atoms with Crippen molar-refractivity contribution in [2.45, 2.75) is 45.1 Å². The maximum atomic E-state index is 5.48. The number of para-hydroxylation sites is 2. The van der Waals surface area contributed by atoms with Crippen molar-refractivity contribution < 1.29 is 4.74 Å². The van der Waals surface area contributed by atoms with Crippen LogP contribution in [0.15, 0.2) is 24.3 Å². The number of nitrogens with one attached hydrogen (secondary N) is 1. The second kappa shape index (κ2) is 7.17. The zero-order valence-electron chi connectivity index (χ0n) is 13.2. The van der Waals surface area contributed by atoms with Crippen molar-refractivity contribution >= 4 is 11.4 Å². The Morgan fingerprint density at radius 3 is 2.81 bits per heavy atom. The molecular weight excluding hydrogens is 260 g/mol. The van der Waals surface area contributed by atoms with Gasteiger partial charge in [0.15, 0.2) is 0 Å². The van der Waals surface area contributed by atoms with Crippen LogP contribution in [0.4, 0.5) is 11.4 Å². The van der Waals surface area contributed by atoms with E-state index in [0.717, 1.165) is 32.2 Å². The van der Waals surface area contributed by atoms with E-state index in [9.17, 15) is 0 Å². The maximum Gasteiger partial charge on any atom is 0.0642 e. The molecule has 3 rings (SSSR count). The predicted octanol–water partition coefficient (Wildman–Crippen LogP) is 3.90. The van der Waals surface area contributed by atoms with Crippen molar-refractivity contribution in [3.63, 3.8) is 0 Å². The van der Waals surface area contributed by atoms with Crippen LogP contribution in [0.3, 0.4) is 0 Å². The van der Waals surface area contributed by atoms with E-state index >= 15 is 0 Å². The first-order valence-corrected chi connectivity index (χ1v) is 8.55. The zero-order chi connectivity index (χ0) is 14.5. The van der Waals surface area contributed by atoms with Gasteiger partial charge in [0.05, 0.1) is 24.6 Å². The summed E-state index contributed by atoms with van der Waals surface area (Å²) in [5.41, 5.74) is 2.65. The summed E-state index contributed by atoms with van der Waals surface area (Å²) in [7, 11) is 0. The molecule has 1 N–H and O–H groups in total. The highest BCUT2D eigenvalue weighted by atomic mass is 16.5. The summed E-state index contributed by atoms with van der Waals surface area (Å²) in [5.74, 6) is 0.909. The van der Waals surface area contributed by atoms with Gasteiger partial charge in [-0.2, -0.15) is 0 Å². The van der Waals surface area contributed by atoms with Crippen LogP contribution in [0.2, 0.25) is 0 Å². The SMILES string of the molecule is CCC1CCCC(Nc2ccccc2N2CCOCC2)C1. The molecule has 0 bridgehead atoms. The first-order valence-electron chi connectivity index (χ1n) is 8.55. The second-order valence-electron chi connectivity index (χ2n) is 6.40. The molecule has 1 aromatic rings. The monoisotopic (exact) mass is 288 g/mol. The van der Waals surface area contributed by atoms with Crippen molar-refractivity contribution in [2.75, 3.05) is 36.5 Å². The van der Waals surface area contributed by atoms with E-state index in [1.54, 1.807) is 0 Å². The lowest BCUT2D eigenvalue weighted by Crippen LogP contribution is -2.37. The van der Waals surface area contributed by atoms with Gasteiger partial charge >= 0.3 is 0 Å². The fourth-order valence-electron chi connectivity index (χ4n) is 3.69. The molecule has 1 saturated carbocycles. The minimum atomic E-state index is 0.644. The van der Waals surface area contributed by atoms with E-state index in [2.05, 4.69) is 41.4 Å². The van der Waals surface area contributed by atoms with Gasteiger partial charge in [0, 0.05) is 19.1 Å². The Morgan fingerprint density at radius 2 is 2.00 bits per heavy atom. The van der Waals surface area contributed by atoms with Gasteiger partial charge < -0.3 is 15.0 Å². The van der Waals surface area contributed by atoms with Gasteiger partial charge in [0.2, 0.25) is 0 Å². The normalized spacial score (nSPS) is 26.6. The van der Waals surface area contributed by atoms with E-state index in [-0.39, 0.29) is 0 Å². The van der Waals surface area contributed by atoms with Gasteiger partial charge in [-0.3, -0.25) is 0 Å². The van der Waals surface area contributed by atoms with Gasteiger partial charge in [0.25, 0.3) is 0 Å². The topological polar surface area (TPSA) is 24.5 Å². The Morgan fingerprint density at radius 1 is 1.19 bits per heavy atom. The molecule has 21 heavy (non-hydrogen) atoms. The first-order chi connectivity index (χ1) is 10.4. The summed E-state index contributed by atoms with van der Waals surface area (Å²) in [4.78, 5) is 2.45. The molecule has 1 heterocycles. The predicted molar refractivity (Wildman–Crippen MR) is 89.1 cm³/mol. The largest absolute Gasteiger partial charge is 0.381 e. The summed E-state index contributed by atoms with van der Waals surface area (Å²) >= 11 is 0. The third-order valence-electron chi connectivity index (χ3n) is 4.98. The lowest BCUT2D eigenvalue weighted by Gasteiger charge is -2.34. The first kappa shape index (κ1) is 14.7. The third-order valence-corrected chi connectivity index (χ3v) is 4.98. The van der Waals surface area contributed by atoms with Crippen LogP contribution < -0.4 is 10.2 Å². The van der Waals surface area contributed by atoms with Crippen LogP contribution >= 0.6 is 0 Å². The molecule has 1 aliphatic heterocycles. The molecule has 0 radical (unpaired) electrons. The summed E-state index contributed by atoms with van der Waals surface area (Å²) < 4.78 is 5.48. The highest BCUT2D eigenvalue weighted by Gasteiger charge is 2.22. The average molecular weight is 288 g/mol. The summed E-state index contributed by atoms with van der Waals surface area (Å²) in [5, 5.41) is 3.83. The molecule has 1 aliphatic carbocycles. The van der Waals surface area contributed by atoms with Crippen LogP contribution in [0.5, 0.6) is 0 Å².